The van der Waals surface area contributed by atoms with Gasteiger partial charge in [-0.25, -0.2) is 9.07 Å². The molecule has 0 saturated carbocycles. The fourth-order valence-corrected chi connectivity index (χ4v) is 2.15. The number of benzene rings is 2. The van der Waals surface area contributed by atoms with Gasteiger partial charge in [0.2, 0.25) is 5.91 Å². The second kappa shape index (κ2) is 8.00. The lowest BCUT2D eigenvalue weighted by atomic mass is 10.2. The molecular formula is C17H16FN5O2. The summed E-state index contributed by atoms with van der Waals surface area (Å²) in [7, 11) is 0. The summed E-state index contributed by atoms with van der Waals surface area (Å²) < 4.78 is 19.7. The third kappa shape index (κ3) is 4.84. The van der Waals surface area contributed by atoms with Crippen molar-refractivity contribution >= 4 is 11.6 Å². The first-order valence-electron chi connectivity index (χ1n) is 7.72. The van der Waals surface area contributed by atoms with Crippen molar-refractivity contribution in [2.24, 2.45) is 0 Å². The molecule has 8 heteroatoms. The number of halogens is 1. The average Bonchev–Trinajstić information content (AvgIpc) is 3.15. The Morgan fingerprint density at radius 2 is 1.88 bits per heavy atom. The lowest BCUT2D eigenvalue weighted by molar-refractivity contribution is -0.116. The van der Waals surface area contributed by atoms with Crippen LogP contribution in [0.15, 0.2) is 54.9 Å². The monoisotopic (exact) mass is 341 g/mol. The average molecular weight is 341 g/mol. The van der Waals surface area contributed by atoms with Gasteiger partial charge in [-0.1, -0.05) is 0 Å². The third-order valence-electron chi connectivity index (χ3n) is 3.40. The Bertz CT molecular complexity index is 804. The predicted molar refractivity (Wildman–Crippen MR) is 88.9 cm³/mol. The topological polar surface area (TPSA) is 81.9 Å². The highest BCUT2D eigenvalue weighted by Crippen LogP contribution is 2.13. The summed E-state index contributed by atoms with van der Waals surface area (Å²) in [5.41, 5.74) is 1.50. The van der Waals surface area contributed by atoms with Gasteiger partial charge in [-0.2, -0.15) is 0 Å². The molecule has 7 nitrogen and oxygen atoms in total. The van der Waals surface area contributed by atoms with Crippen molar-refractivity contribution in [1.29, 1.82) is 0 Å². The van der Waals surface area contributed by atoms with Crippen molar-refractivity contribution in [2.45, 2.75) is 12.8 Å². The van der Waals surface area contributed by atoms with Gasteiger partial charge in [0.1, 0.15) is 17.9 Å². The maximum absolute atomic E-state index is 12.8. The predicted octanol–water partition coefficient (Wildman–Crippen LogP) is 2.60. The second-order valence-electron chi connectivity index (χ2n) is 5.26. The van der Waals surface area contributed by atoms with E-state index in [2.05, 4.69) is 20.8 Å². The summed E-state index contributed by atoms with van der Waals surface area (Å²) in [6, 6.07) is 13.0. The van der Waals surface area contributed by atoms with Crippen molar-refractivity contribution in [3.8, 4) is 11.4 Å². The zero-order valence-electron chi connectivity index (χ0n) is 13.3. The first-order valence-corrected chi connectivity index (χ1v) is 7.72. The molecule has 0 radical (unpaired) electrons. The van der Waals surface area contributed by atoms with Gasteiger partial charge in [0, 0.05) is 12.1 Å². The standard InChI is InChI=1S/C17H16FN5O2/c18-13-3-9-16(10-4-13)25-11-1-2-17(24)20-14-5-7-15(8-6-14)23-12-19-21-22-23/h3-10,12H,1-2,11H2,(H,20,24). The van der Waals surface area contributed by atoms with E-state index in [9.17, 15) is 9.18 Å². The molecule has 2 aromatic carbocycles. The minimum absolute atomic E-state index is 0.0992. The Kier molecular flexibility index (Phi) is 5.30. The number of nitrogens with one attached hydrogen (secondary N) is 1. The molecule has 1 heterocycles. The highest BCUT2D eigenvalue weighted by atomic mass is 19.1. The molecule has 0 aliphatic heterocycles. The minimum Gasteiger partial charge on any atom is -0.494 e. The van der Waals surface area contributed by atoms with Gasteiger partial charge in [-0.3, -0.25) is 4.79 Å². The number of rotatable bonds is 7. The zero-order valence-corrected chi connectivity index (χ0v) is 13.3. The number of hydrogen-bond donors (Lipinski definition) is 1. The summed E-state index contributed by atoms with van der Waals surface area (Å²) >= 11 is 0. The normalized spacial score (nSPS) is 10.4. The van der Waals surface area contributed by atoms with Crippen molar-refractivity contribution < 1.29 is 13.9 Å². The molecule has 0 spiro atoms. The van der Waals surface area contributed by atoms with E-state index < -0.39 is 0 Å². The number of ether oxygens (including phenoxy) is 1. The molecule has 25 heavy (non-hydrogen) atoms. The molecule has 3 rings (SSSR count). The molecule has 0 unspecified atom stereocenters. The number of carbonyl (C=O) groups is 1. The molecule has 0 aliphatic carbocycles. The number of amides is 1. The molecule has 1 N–H and O–H groups in total. The Morgan fingerprint density at radius 3 is 2.56 bits per heavy atom. The maximum Gasteiger partial charge on any atom is 0.224 e. The Hall–Kier alpha value is -3.29. The fraction of sp³-hybridized carbons (Fsp3) is 0.176. The number of carbonyl (C=O) groups excluding carboxylic acids is 1. The summed E-state index contributed by atoms with van der Waals surface area (Å²) in [5, 5.41) is 13.7. The number of hydrogen-bond acceptors (Lipinski definition) is 5. The van der Waals surface area contributed by atoms with E-state index in [0.717, 1.165) is 5.69 Å². The SMILES string of the molecule is O=C(CCCOc1ccc(F)cc1)Nc1ccc(-n2cnnn2)cc1. The van der Waals surface area contributed by atoms with E-state index in [0.29, 0.717) is 30.9 Å². The summed E-state index contributed by atoms with van der Waals surface area (Å²) in [6.07, 6.45) is 2.39. The molecule has 0 atom stereocenters. The first-order chi connectivity index (χ1) is 12.2. The van der Waals surface area contributed by atoms with Crippen LogP contribution in [0, 0.1) is 5.82 Å². The van der Waals surface area contributed by atoms with Crippen LogP contribution in [-0.4, -0.2) is 32.7 Å². The van der Waals surface area contributed by atoms with Gasteiger partial charge >= 0.3 is 0 Å². The molecule has 128 valence electrons. The van der Waals surface area contributed by atoms with Crippen LogP contribution in [0.2, 0.25) is 0 Å². The van der Waals surface area contributed by atoms with Crippen LogP contribution in [-0.2, 0) is 4.79 Å². The van der Waals surface area contributed by atoms with E-state index in [1.807, 2.05) is 12.1 Å². The van der Waals surface area contributed by atoms with Crippen LogP contribution in [0.25, 0.3) is 5.69 Å². The maximum atomic E-state index is 12.8. The van der Waals surface area contributed by atoms with E-state index in [1.165, 1.54) is 23.1 Å². The Labute approximate surface area is 143 Å². The fourth-order valence-electron chi connectivity index (χ4n) is 2.15. The summed E-state index contributed by atoms with van der Waals surface area (Å²) in [4.78, 5) is 11.9. The van der Waals surface area contributed by atoms with Gasteiger partial charge in [0.25, 0.3) is 0 Å². The molecule has 3 aromatic rings. The first kappa shape index (κ1) is 16.6. The van der Waals surface area contributed by atoms with E-state index in [4.69, 9.17) is 4.74 Å². The van der Waals surface area contributed by atoms with E-state index in [-0.39, 0.29) is 11.7 Å². The van der Waals surface area contributed by atoms with Crippen LogP contribution in [0.4, 0.5) is 10.1 Å². The molecule has 1 aromatic heterocycles. The van der Waals surface area contributed by atoms with E-state index in [1.54, 1.807) is 24.3 Å². The van der Waals surface area contributed by atoms with Crippen LogP contribution < -0.4 is 10.1 Å². The summed E-state index contributed by atoms with van der Waals surface area (Å²) in [5.74, 6) is 0.177. The van der Waals surface area contributed by atoms with Crippen molar-refractivity contribution in [1.82, 2.24) is 20.2 Å². The Balaban J connectivity index is 1.41. The number of tetrazole rings is 1. The number of nitrogens with zero attached hydrogens (tertiary/aromatic N) is 4. The van der Waals surface area contributed by atoms with Crippen LogP contribution in [0.5, 0.6) is 5.75 Å². The van der Waals surface area contributed by atoms with Gasteiger partial charge in [0.15, 0.2) is 0 Å². The highest BCUT2D eigenvalue weighted by molar-refractivity contribution is 5.90. The smallest absolute Gasteiger partial charge is 0.224 e. The minimum atomic E-state index is -0.308. The molecule has 0 fully saturated rings. The summed E-state index contributed by atoms with van der Waals surface area (Å²) in [6.45, 7) is 0.386. The van der Waals surface area contributed by atoms with Gasteiger partial charge < -0.3 is 10.1 Å². The third-order valence-corrected chi connectivity index (χ3v) is 3.40. The van der Waals surface area contributed by atoms with Gasteiger partial charge in [-0.05, 0) is 65.4 Å². The van der Waals surface area contributed by atoms with Gasteiger partial charge in [-0.15, -0.1) is 5.10 Å². The second-order valence-corrected chi connectivity index (χ2v) is 5.26. The number of aromatic nitrogens is 4. The van der Waals surface area contributed by atoms with Crippen LogP contribution in [0.1, 0.15) is 12.8 Å². The Morgan fingerprint density at radius 1 is 1.12 bits per heavy atom. The zero-order chi connectivity index (χ0) is 17.5. The molecule has 0 aliphatic rings. The van der Waals surface area contributed by atoms with Crippen molar-refractivity contribution in [2.75, 3.05) is 11.9 Å². The van der Waals surface area contributed by atoms with Crippen molar-refractivity contribution in [3.63, 3.8) is 0 Å². The molecule has 1 amide bonds. The van der Waals surface area contributed by atoms with E-state index >= 15 is 0 Å². The highest BCUT2D eigenvalue weighted by Gasteiger charge is 2.04. The largest absolute Gasteiger partial charge is 0.494 e. The number of anilines is 1. The molecule has 0 saturated heterocycles. The van der Waals surface area contributed by atoms with Crippen LogP contribution in [0.3, 0.4) is 0 Å². The van der Waals surface area contributed by atoms with Crippen LogP contribution >= 0.6 is 0 Å². The van der Waals surface area contributed by atoms with Crippen molar-refractivity contribution in [3.05, 3.63) is 60.7 Å². The molecule has 0 bridgehead atoms. The van der Waals surface area contributed by atoms with Gasteiger partial charge in [0.05, 0.1) is 12.3 Å². The molecular weight excluding hydrogens is 325 g/mol. The quantitative estimate of drug-likeness (QED) is 0.668. The lowest BCUT2D eigenvalue weighted by Crippen LogP contribution is -2.12. The lowest BCUT2D eigenvalue weighted by Gasteiger charge is -2.08.